The summed E-state index contributed by atoms with van der Waals surface area (Å²) >= 11 is 0. The molecule has 4 nitrogen and oxygen atoms in total. The van der Waals surface area contributed by atoms with Crippen LogP contribution < -0.4 is 0 Å². The monoisotopic (exact) mass is 180 g/mol. The van der Waals surface area contributed by atoms with Crippen molar-refractivity contribution in [3.8, 4) is 0 Å². The van der Waals surface area contributed by atoms with Crippen LogP contribution in [-0.4, -0.2) is 15.4 Å². The lowest BCUT2D eigenvalue weighted by molar-refractivity contribution is 0.0803. The van der Waals surface area contributed by atoms with Crippen molar-refractivity contribution in [3.05, 3.63) is 0 Å². The molecule has 0 aromatic rings. The van der Waals surface area contributed by atoms with E-state index in [2.05, 4.69) is 4.52 Å². The molecule has 66 valence electrons. The van der Waals surface area contributed by atoms with Gasteiger partial charge < -0.3 is 9.79 Å². The van der Waals surface area contributed by atoms with E-state index in [1.165, 1.54) is 0 Å². The molecule has 1 saturated carbocycles. The zero-order valence-corrected chi connectivity index (χ0v) is 7.54. The summed E-state index contributed by atoms with van der Waals surface area (Å²) in [6.45, 7) is 3.81. The summed E-state index contributed by atoms with van der Waals surface area (Å²) in [6.07, 6.45) is 1.52. The molecular formula is C6H13O4P. The molecule has 2 N–H and O–H groups in total. The zero-order valence-electron chi connectivity index (χ0n) is 6.65. The molecule has 0 aromatic heterocycles. The van der Waals surface area contributed by atoms with E-state index in [9.17, 15) is 4.57 Å². The van der Waals surface area contributed by atoms with Crippen molar-refractivity contribution in [2.75, 3.05) is 0 Å². The summed E-state index contributed by atoms with van der Waals surface area (Å²) in [6, 6.07) is 0. The predicted molar refractivity (Wildman–Crippen MR) is 39.9 cm³/mol. The number of phosphoric ester groups is 1. The van der Waals surface area contributed by atoms with E-state index >= 15 is 0 Å². The van der Waals surface area contributed by atoms with Gasteiger partial charge in [0, 0.05) is 0 Å². The molecule has 0 radical (unpaired) electrons. The topological polar surface area (TPSA) is 66.8 Å². The third-order valence-corrected chi connectivity index (χ3v) is 2.70. The van der Waals surface area contributed by atoms with Gasteiger partial charge in [-0.15, -0.1) is 0 Å². The highest BCUT2D eigenvalue weighted by Crippen LogP contribution is 2.55. The summed E-state index contributed by atoms with van der Waals surface area (Å²) < 4.78 is 15.1. The van der Waals surface area contributed by atoms with Gasteiger partial charge in [0.25, 0.3) is 0 Å². The number of hydrogen-bond acceptors (Lipinski definition) is 2. The maximum Gasteiger partial charge on any atom is 0.470 e. The zero-order chi connectivity index (χ0) is 8.70. The lowest BCUT2D eigenvalue weighted by Gasteiger charge is -2.20. The molecule has 11 heavy (non-hydrogen) atoms. The summed E-state index contributed by atoms with van der Waals surface area (Å²) in [7, 11) is -4.28. The Labute approximate surface area is 65.8 Å². The van der Waals surface area contributed by atoms with Crippen LogP contribution in [0.5, 0.6) is 0 Å². The van der Waals surface area contributed by atoms with Gasteiger partial charge in [-0.25, -0.2) is 4.57 Å². The van der Waals surface area contributed by atoms with E-state index < -0.39 is 13.4 Å². The van der Waals surface area contributed by atoms with E-state index in [0.29, 0.717) is 0 Å². The van der Waals surface area contributed by atoms with E-state index in [1.54, 1.807) is 0 Å². The first-order chi connectivity index (χ1) is 4.86. The molecule has 1 aliphatic rings. The average molecular weight is 180 g/mol. The second-order valence-electron chi connectivity index (χ2n) is 3.30. The van der Waals surface area contributed by atoms with Gasteiger partial charge in [0.2, 0.25) is 0 Å². The lowest BCUT2D eigenvalue weighted by Crippen LogP contribution is -2.19. The normalized spacial score (nSPS) is 22.3. The Morgan fingerprint density at radius 1 is 1.45 bits per heavy atom. The van der Waals surface area contributed by atoms with Gasteiger partial charge in [-0.2, -0.15) is 0 Å². The maximum absolute atomic E-state index is 10.5. The quantitative estimate of drug-likeness (QED) is 0.642. The molecule has 0 atom stereocenters. The van der Waals surface area contributed by atoms with Crippen LogP contribution in [0.4, 0.5) is 0 Å². The third kappa shape index (κ3) is 2.27. The van der Waals surface area contributed by atoms with Gasteiger partial charge in [0.05, 0.1) is 5.60 Å². The van der Waals surface area contributed by atoms with Gasteiger partial charge in [0.1, 0.15) is 0 Å². The Morgan fingerprint density at radius 2 is 1.91 bits per heavy atom. The van der Waals surface area contributed by atoms with Crippen molar-refractivity contribution in [3.63, 3.8) is 0 Å². The fourth-order valence-corrected chi connectivity index (χ4v) is 2.00. The second-order valence-corrected chi connectivity index (χ2v) is 4.47. The fourth-order valence-electron chi connectivity index (χ4n) is 1.13. The van der Waals surface area contributed by atoms with Crippen LogP contribution in [0.3, 0.4) is 0 Å². The standard InChI is InChI=1S/C6H13O4P/c1-5(2)6(3-4-6)10-11(7,8)9/h5H,3-4H2,1-2H3,(H2,7,8,9). The highest BCUT2D eigenvalue weighted by molar-refractivity contribution is 7.46. The molecule has 0 spiro atoms. The van der Waals surface area contributed by atoms with Gasteiger partial charge in [0.15, 0.2) is 0 Å². The molecule has 0 bridgehead atoms. The summed E-state index contributed by atoms with van der Waals surface area (Å²) in [5.74, 6) is 0.176. The van der Waals surface area contributed by atoms with Crippen LogP contribution in [0.1, 0.15) is 26.7 Å². The largest absolute Gasteiger partial charge is 0.470 e. The molecule has 0 unspecified atom stereocenters. The minimum Gasteiger partial charge on any atom is -0.303 e. The Morgan fingerprint density at radius 3 is 2.00 bits per heavy atom. The van der Waals surface area contributed by atoms with Crippen molar-refractivity contribution < 1.29 is 18.9 Å². The molecule has 1 aliphatic carbocycles. The van der Waals surface area contributed by atoms with Crippen molar-refractivity contribution >= 4 is 7.82 Å². The minimum atomic E-state index is -4.28. The van der Waals surface area contributed by atoms with Gasteiger partial charge in [-0.1, -0.05) is 13.8 Å². The van der Waals surface area contributed by atoms with Crippen LogP contribution in [0.2, 0.25) is 0 Å². The van der Waals surface area contributed by atoms with Gasteiger partial charge in [-0.3, -0.25) is 4.52 Å². The number of phosphoric acid groups is 1. The van der Waals surface area contributed by atoms with E-state index in [0.717, 1.165) is 12.8 Å². The second kappa shape index (κ2) is 2.56. The van der Waals surface area contributed by atoms with Crippen LogP contribution in [0.15, 0.2) is 0 Å². The maximum atomic E-state index is 10.5. The van der Waals surface area contributed by atoms with Crippen LogP contribution in [-0.2, 0) is 9.09 Å². The third-order valence-electron chi connectivity index (χ3n) is 2.10. The smallest absolute Gasteiger partial charge is 0.303 e. The van der Waals surface area contributed by atoms with Crippen LogP contribution in [0, 0.1) is 5.92 Å². The van der Waals surface area contributed by atoms with Crippen molar-refractivity contribution in [1.82, 2.24) is 0 Å². The number of rotatable bonds is 3. The predicted octanol–water partition coefficient (Wildman–Crippen LogP) is 1.28. The Hall–Kier alpha value is 0.110. The van der Waals surface area contributed by atoms with Crippen LogP contribution >= 0.6 is 7.82 Å². The van der Waals surface area contributed by atoms with Crippen molar-refractivity contribution in [1.29, 1.82) is 0 Å². The summed E-state index contributed by atoms with van der Waals surface area (Å²) in [5.41, 5.74) is -0.529. The molecular weight excluding hydrogens is 167 g/mol. The minimum absolute atomic E-state index is 0.176. The lowest BCUT2D eigenvalue weighted by atomic mass is 10.1. The first-order valence-electron chi connectivity index (χ1n) is 3.62. The SMILES string of the molecule is CC(C)C1(OP(=O)(O)O)CC1. The van der Waals surface area contributed by atoms with E-state index in [-0.39, 0.29) is 5.92 Å². The molecule has 1 rings (SSSR count). The molecule has 0 aliphatic heterocycles. The average Bonchev–Trinajstić information content (AvgIpc) is 2.43. The highest BCUT2D eigenvalue weighted by Gasteiger charge is 2.50. The van der Waals surface area contributed by atoms with Crippen molar-refractivity contribution in [2.24, 2.45) is 5.92 Å². The number of hydrogen-bond donors (Lipinski definition) is 2. The molecule has 0 amide bonds. The first kappa shape index (κ1) is 9.20. The summed E-state index contributed by atoms with van der Waals surface area (Å²) in [5, 5.41) is 0. The molecule has 0 aromatic carbocycles. The Balaban J connectivity index is 2.55. The Kier molecular flexibility index (Phi) is 2.14. The summed E-state index contributed by atoms with van der Waals surface area (Å²) in [4.78, 5) is 17.1. The molecule has 1 fully saturated rings. The van der Waals surface area contributed by atoms with Crippen LogP contribution in [0.25, 0.3) is 0 Å². The first-order valence-corrected chi connectivity index (χ1v) is 5.15. The van der Waals surface area contributed by atoms with Gasteiger partial charge in [-0.05, 0) is 18.8 Å². The highest BCUT2D eigenvalue weighted by atomic mass is 31.2. The molecule has 0 heterocycles. The van der Waals surface area contributed by atoms with E-state index in [4.69, 9.17) is 9.79 Å². The fraction of sp³-hybridized carbons (Fsp3) is 1.00. The molecule has 0 saturated heterocycles. The van der Waals surface area contributed by atoms with Gasteiger partial charge >= 0.3 is 7.82 Å². The molecule has 5 heteroatoms. The van der Waals surface area contributed by atoms with Crippen molar-refractivity contribution in [2.45, 2.75) is 32.3 Å². The Bertz CT molecular complexity index is 191. The van der Waals surface area contributed by atoms with E-state index in [1.807, 2.05) is 13.8 Å².